The van der Waals surface area contributed by atoms with E-state index in [0.29, 0.717) is 26.2 Å². The van der Waals surface area contributed by atoms with Crippen LogP contribution < -0.4 is 19.7 Å². The van der Waals surface area contributed by atoms with Crippen molar-refractivity contribution in [1.29, 1.82) is 0 Å². The second-order valence-corrected chi connectivity index (χ2v) is 9.36. The molecule has 0 spiro atoms. The predicted octanol–water partition coefficient (Wildman–Crippen LogP) is 1.51. The number of hydrogen-bond donors (Lipinski definition) is 1. The van der Waals surface area contributed by atoms with Crippen LogP contribution in [0.25, 0.3) is 0 Å². The van der Waals surface area contributed by atoms with Crippen LogP contribution in [-0.2, 0) is 21.2 Å². The number of hydrogen-bond acceptors (Lipinski definition) is 6. The van der Waals surface area contributed by atoms with E-state index in [1.807, 2.05) is 36.4 Å². The monoisotopic (exact) mass is 447 g/mol. The molecule has 2 aromatic carbocycles. The number of methoxy groups -OCH3 is 2. The first-order valence-electron chi connectivity index (χ1n) is 10.2. The molecule has 0 saturated carbocycles. The largest absolute Gasteiger partial charge is 0.497 e. The van der Waals surface area contributed by atoms with Gasteiger partial charge in [0.25, 0.3) is 0 Å². The molecule has 3 rings (SSSR count). The summed E-state index contributed by atoms with van der Waals surface area (Å²) in [6, 6.07) is 15.0. The van der Waals surface area contributed by atoms with E-state index in [0.717, 1.165) is 22.7 Å². The topological polar surface area (TPSA) is 88.2 Å². The molecule has 0 atom stereocenters. The Balaban J connectivity index is 1.42. The molecule has 9 heteroatoms. The van der Waals surface area contributed by atoms with Crippen LogP contribution >= 0.6 is 0 Å². The van der Waals surface area contributed by atoms with E-state index >= 15 is 0 Å². The van der Waals surface area contributed by atoms with Crippen molar-refractivity contribution in [1.82, 2.24) is 9.62 Å². The van der Waals surface area contributed by atoms with Gasteiger partial charge in [0.15, 0.2) is 0 Å². The summed E-state index contributed by atoms with van der Waals surface area (Å²) >= 11 is 0. The lowest BCUT2D eigenvalue weighted by Crippen LogP contribution is -2.50. The fraction of sp³-hybridized carbons (Fsp3) is 0.409. The van der Waals surface area contributed by atoms with Crippen molar-refractivity contribution in [2.75, 3.05) is 57.6 Å². The lowest BCUT2D eigenvalue weighted by Gasteiger charge is -2.35. The molecule has 1 N–H and O–H groups in total. The molecular weight excluding hydrogens is 418 g/mol. The molecule has 0 unspecified atom stereocenters. The zero-order valence-corrected chi connectivity index (χ0v) is 18.7. The average Bonchev–Trinajstić information content (AvgIpc) is 2.79. The highest BCUT2D eigenvalue weighted by Crippen LogP contribution is 2.21. The number of carbonyl (C=O) groups is 1. The molecule has 0 bridgehead atoms. The Bertz CT molecular complexity index is 954. The van der Waals surface area contributed by atoms with Crippen molar-refractivity contribution in [3.05, 3.63) is 54.1 Å². The number of sulfonamides is 1. The van der Waals surface area contributed by atoms with Gasteiger partial charge in [-0.05, 0) is 42.0 Å². The number of benzene rings is 2. The molecule has 168 valence electrons. The third-order valence-corrected chi connectivity index (χ3v) is 7.15. The molecule has 1 fully saturated rings. The van der Waals surface area contributed by atoms with E-state index in [2.05, 4.69) is 10.2 Å². The van der Waals surface area contributed by atoms with E-state index in [1.165, 1.54) is 4.31 Å². The van der Waals surface area contributed by atoms with E-state index in [-0.39, 0.29) is 24.6 Å². The van der Waals surface area contributed by atoms with Crippen LogP contribution in [0.5, 0.6) is 11.5 Å². The van der Waals surface area contributed by atoms with E-state index in [1.54, 1.807) is 26.4 Å². The first-order chi connectivity index (χ1) is 14.9. The van der Waals surface area contributed by atoms with Crippen LogP contribution in [0.3, 0.4) is 0 Å². The number of carbonyl (C=O) groups excluding carboxylic acids is 1. The van der Waals surface area contributed by atoms with Gasteiger partial charge in [-0.15, -0.1) is 0 Å². The summed E-state index contributed by atoms with van der Waals surface area (Å²) < 4.78 is 37.1. The second-order valence-electron chi connectivity index (χ2n) is 7.27. The molecule has 2 aromatic rings. The molecular formula is C22H29N3O5S. The summed E-state index contributed by atoms with van der Waals surface area (Å²) in [5.41, 5.74) is 1.89. The van der Waals surface area contributed by atoms with Crippen molar-refractivity contribution in [3.63, 3.8) is 0 Å². The first-order valence-corrected chi connectivity index (χ1v) is 11.8. The zero-order valence-electron chi connectivity index (χ0n) is 17.9. The number of amides is 1. The summed E-state index contributed by atoms with van der Waals surface area (Å²) in [7, 11) is -0.212. The van der Waals surface area contributed by atoms with E-state index in [9.17, 15) is 13.2 Å². The fourth-order valence-electron chi connectivity index (χ4n) is 3.46. The molecule has 0 aromatic heterocycles. The maximum Gasteiger partial charge on any atom is 0.224 e. The first kappa shape index (κ1) is 22.9. The van der Waals surface area contributed by atoms with Gasteiger partial charge in [-0.25, -0.2) is 8.42 Å². The minimum absolute atomic E-state index is 0.0933. The van der Waals surface area contributed by atoms with Crippen LogP contribution in [0.4, 0.5) is 5.69 Å². The summed E-state index contributed by atoms with van der Waals surface area (Å²) in [6.45, 7) is 2.18. The van der Waals surface area contributed by atoms with Crippen molar-refractivity contribution in [2.45, 2.75) is 6.42 Å². The van der Waals surface area contributed by atoms with Crippen LogP contribution in [0.2, 0.25) is 0 Å². The number of anilines is 1. The highest BCUT2D eigenvalue weighted by Gasteiger charge is 2.26. The highest BCUT2D eigenvalue weighted by atomic mass is 32.2. The summed E-state index contributed by atoms with van der Waals surface area (Å²) in [6.07, 6.45) is 0.199. The van der Waals surface area contributed by atoms with Crippen LogP contribution in [0.1, 0.15) is 5.56 Å². The van der Waals surface area contributed by atoms with Gasteiger partial charge in [-0.2, -0.15) is 4.31 Å². The van der Waals surface area contributed by atoms with Gasteiger partial charge in [0.2, 0.25) is 15.9 Å². The molecule has 1 aliphatic heterocycles. The minimum Gasteiger partial charge on any atom is -0.497 e. The zero-order chi connectivity index (χ0) is 22.3. The van der Waals surface area contributed by atoms with Gasteiger partial charge < -0.3 is 19.7 Å². The molecule has 1 amide bonds. The van der Waals surface area contributed by atoms with Gasteiger partial charge in [-0.1, -0.05) is 12.1 Å². The normalized spacial score (nSPS) is 14.8. The maximum absolute atomic E-state index is 12.6. The SMILES string of the molecule is COc1ccc(CC(=O)NCCS(=O)(=O)N2CCN(c3ccc(OC)cc3)CC2)cc1. The molecule has 1 saturated heterocycles. The van der Waals surface area contributed by atoms with Gasteiger partial charge in [-0.3, -0.25) is 4.79 Å². The van der Waals surface area contributed by atoms with Crippen LogP contribution in [0, 0.1) is 0 Å². The Kier molecular flexibility index (Phi) is 7.75. The lowest BCUT2D eigenvalue weighted by atomic mass is 10.1. The average molecular weight is 448 g/mol. The number of piperazine rings is 1. The quantitative estimate of drug-likeness (QED) is 0.627. The Labute approximate surface area is 183 Å². The van der Waals surface area contributed by atoms with Crippen LogP contribution in [0.15, 0.2) is 48.5 Å². The van der Waals surface area contributed by atoms with E-state index in [4.69, 9.17) is 9.47 Å². The third kappa shape index (κ3) is 6.35. The Hall–Kier alpha value is -2.78. The summed E-state index contributed by atoms with van der Waals surface area (Å²) in [4.78, 5) is 14.3. The van der Waals surface area contributed by atoms with E-state index < -0.39 is 10.0 Å². The Morgan fingerprint density at radius 1 is 0.903 bits per heavy atom. The van der Waals surface area contributed by atoms with Crippen molar-refractivity contribution >= 4 is 21.6 Å². The van der Waals surface area contributed by atoms with Crippen molar-refractivity contribution in [2.24, 2.45) is 0 Å². The van der Waals surface area contributed by atoms with Gasteiger partial charge in [0.05, 0.1) is 26.4 Å². The standard InChI is InChI=1S/C22H29N3O5S/c1-29-20-7-3-18(4-8-20)17-22(26)23-11-16-31(27,28)25-14-12-24(13-15-25)19-5-9-21(30-2)10-6-19/h3-10H,11-17H2,1-2H3,(H,23,26). The smallest absolute Gasteiger partial charge is 0.224 e. The Morgan fingerprint density at radius 2 is 1.45 bits per heavy atom. The van der Waals surface area contributed by atoms with Crippen molar-refractivity contribution in [3.8, 4) is 11.5 Å². The number of rotatable bonds is 9. The van der Waals surface area contributed by atoms with Gasteiger partial charge >= 0.3 is 0 Å². The highest BCUT2D eigenvalue weighted by molar-refractivity contribution is 7.89. The maximum atomic E-state index is 12.6. The number of ether oxygens (including phenoxy) is 2. The molecule has 0 aliphatic carbocycles. The number of nitrogens with one attached hydrogen (secondary N) is 1. The lowest BCUT2D eigenvalue weighted by molar-refractivity contribution is -0.120. The van der Waals surface area contributed by atoms with Gasteiger partial charge in [0.1, 0.15) is 11.5 Å². The third-order valence-electron chi connectivity index (χ3n) is 5.28. The fourth-order valence-corrected chi connectivity index (χ4v) is 4.80. The molecule has 8 nitrogen and oxygen atoms in total. The molecule has 31 heavy (non-hydrogen) atoms. The van der Waals surface area contributed by atoms with Crippen molar-refractivity contribution < 1.29 is 22.7 Å². The van der Waals surface area contributed by atoms with Gasteiger partial charge in [0, 0.05) is 38.4 Å². The summed E-state index contributed by atoms with van der Waals surface area (Å²) in [5, 5.41) is 2.70. The van der Waals surface area contributed by atoms with Crippen LogP contribution in [-0.4, -0.2) is 71.3 Å². The Morgan fingerprint density at radius 3 is 2.00 bits per heavy atom. The summed E-state index contributed by atoms with van der Waals surface area (Å²) in [5.74, 6) is 1.20. The molecule has 1 aliphatic rings. The molecule has 1 heterocycles. The predicted molar refractivity (Wildman–Crippen MR) is 120 cm³/mol. The second kappa shape index (κ2) is 10.5. The minimum atomic E-state index is -3.42. The number of nitrogens with zero attached hydrogens (tertiary/aromatic N) is 2. The molecule has 0 radical (unpaired) electrons.